The highest BCUT2D eigenvalue weighted by molar-refractivity contribution is 5.33. The van der Waals surface area contributed by atoms with Crippen LogP contribution in [0.2, 0.25) is 0 Å². The van der Waals surface area contributed by atoms with Crippen molar-refractivity contribution in [2.75, 3.05) is 6.61 Å². The van der Waals surface area contributed by atoms with Crippen LogP contribution in [-0.2, 0) is 10.3 Å². The van der Waals surface area contributed by atoms with Crippen LogP contribution in [0.1, 0.15) is 19.4 Å². The number of hydrogen-bond acceptors (Lipinski definition) is 2. The fraction of sp³-hybridized carbons (Fsp3) is 0.294. The molecule has 0 bridgehead atoms. The Morgan fingerprint density at radius 2 is 1.67 bits per heavy atom. The Morgan fingerprint density at radius 1 is 1.05 bits per heavy atom. The normalized spacial score (nSPS) is 21.1. The van der Waals surface area contributed by atoms with E-state index in [9.17, 15) is 8.78 Å². The Hall–Kier alpha value is -1.94. The smallest absolute Gasteiger partial charge is 0.165 e. The summed E-state index contributed by atoms with van der Waals surface area (Å²) < 4.78 is 38.3. The maximum absolute atomic E-state index is 13.8. The van der Waals surface area contributed by atoms with E-state index in [1.807, 2.05) is 13.8 Å². The molecule has 1 heterocycles. The minimum atomic E-state index is -0.785. The van der Waals surface area contributed by atoms with Gasteiger partial charge in [0.05, 0.1) is 6.61 Å². The molecule has 1 unspecified atom stereocenters. The van der Waals surface area contributed by atoms with Crippen LogP contribution >= 0.6 is 0 Å². The van der Waals surface area contributed by atoms with Crippen molar-refractivity contribution in [1.82, 2.24) is 0 Å². The largest absolute Gasteiger partial charge is 0.481 e. The first-order valence-electron chi connectivity index (χ1n) is 6.78. The number of ether oxygens (including phenoxy) is 2. The van der Waals surface area contributed by atoms with E-state index >= 15 is 0 Å². The number of halogens is 2. The Kier molecular flexibility index (Phi) is 3.21. The minimum Gasteiger partial charge on any atom is -0.481 e. The molecule has 2 aromatic carbocycles. The molecule has 0 N–H and O–H groups in total. The van der Waals surface area contributed by atoms with Gasteiger partial charge in [-0.1, -0.05) is 24.3 Å². The molecule has 0 aliphatic carbocycles. The summed E-state index contributed by atoms with van der Waals surface area (Å²) in [5, 5.41) is 0. The Labute approximate surface area is 122 Å². The molecule has 2 nitrogen and oxygen atoms in total. The summed E-state index contributed by atoms with van der Waals surface area (Å²) in [6, 6.07) is 12.4. The Bertz CT molecular complexity index is 646. The van der Waals surface area contributed by atoms with E-state index in [1.54, 1.807) is 30.3 Å². The standard InChI is InChI=1S/C17H16F2O2/c1-16(2,21-15-6-4-3-5-14(15)19)17(11-20-17)12-7-9-13(18)10-8-12/h3-10H,11H2,1-2H3. The molecule has 0 radical (unpaired) electrons. The summed E-state index contributed by atoms with van der Waals surface area (Å²) in [5.41, 5.74) is -0.638. The van der Waals surface area contributed by atoms with Gasteiger partial charge in [0.2, 0.25) is 0 Å². The molecule has 0 aromatic heterocycles. The second kappa shape index (κ2) is 4.81. The van der Waals surface area contributed by atoms with Gasteiger partial charge in [0, 0.05) is 0 Å². The van der Waals surface area contributed by atoms with Crippen LogP contribution in [0.15, 0.2) is 48.5 Å². The summed E-state index contributed by atoms with van der Waals surface area (Å²) in [6.07, 6.45) is 0. The highest BCUT2D eigenvalue weighted by Gasteiger charge is 2.60. The molecule has 0 saturated carbocycles. The van der Waals surface area contributed by atoms with Gasteiger partial charge in [-0.2, -0.15) is 0 Å². The van der Waals surface area contributed by atoms with Gasteiger partial charge >= 0.3 is 0 Å². The molecule has 0 amide bonds. The summed E-state index contributed by atoms with van der Waals surface area (Å²) >= 11 is 0. The number of rotatable bonds is 4. The third kappa shape index (κ3) is 2.40. The molecule has 1 fully saturated rings. The first kappa shape index (κ1) is 14.0. The molecule has 1 saturated heterocycles. The molecule has 1 atom stereocenters. The molecule has 1 aliphatic rings. The van der Waals surface area contributed by atoms with Gasteiger partial charge in [-0.3, -0.25) is 0 Å². The number of epoxide rings is 1. The van der Waals surface area contributed by atoms with Gasteiger partial charge in [-0.05, 0) is 43.7 Å². The van der Waals surface area contributed by atoms with E-state index in [0.717, 1.165) is 5.56 Å². The zero-order valence-corrected chi connectivity index (χ0v) is 11.9. The van der Waals surface area contributed by atoms with Crippen LogP contribution in [0.5, 0.6) is 5.75 Å². The van der Waals surface area contributed by atoms with Crippen molar-refractivity contribution in [2.45, 2.75) is 25.0 Å². The fourth-order valence-corrected chi connectivity index (χ4v) is 2.54. The molecular weight excluding hydrogens is 274 g/mol. The SMILES string of the molecule is CC(C)(Oc1ccccc1F)C1(c2ccc(F)cc2)CO1. The van der Waals surface area contributed by atoms with Gasteiger partial charge in [-0.25, -0.2) is 8.78 Å². The Balaban J connectivity index is 1.91. The van der Waals surface area contributed by atoms with Gasteiger partial charge in [0.1, 0.15) is 11.4 Å². The van der Waals surface area contributed by atoms with Gasteiger partial charge in [0.25, 0.3) is 0 Å². The van der Waals surface area contributed by atoms with Crippen molar-refractivity contribution in [1.29, 1.82) is 0 Å². The summed E-state index contributed by atoms with van der Waals surface area (Å²) in [7, 11) is 0. The lowest BCUT2D eigenvalue weighted by molar-refractivity contribution is 0.0123. The monoisotopic (exact) mass is 290 g/mol. The van der Waals surface area contributed by atoms with Crippen LogP contribution in [0.3, 0.4) is 0 Å². The molecule has 110 valence electrons. The lowest BCUT2D eigenvalue weighted by Crippen LogP contribution is -2.43. The maximum atomic E-state index is 13.8. The highest BCUT2D eigenvalue weighted by Crippen LogP contribution is 2.49. The predicted octanol–water partition coefficient (Wildman–Crippen LogP) is 4.05. The van der Waals surface area contributed by atoms with Crippen LogP contribution in [-0.4, -0.2) is 12.2 Å². The first-order chi connectivity index (χ1) is 9.95. The van der Waals surface area contributed by atoms with E-state index in [4.69, 9.17) is 9.47 Å². The lowest BCUT2D eigenvalue weighted by Gasteiger charge is -2.33. The number of para-hydroxylation sites is 1. The molecule has 21 heavy (non-hydrogen) atoms. The average molecular weight is 290 g/mol. The molecule has 1 aliphatic heterocycles. The van der Waals surface area contributed by atoms with E-state index in [2.05, 4.69) is 0 Å². The third-order valence-corrected chi connectivity index (χ3v) is 3.92. The van der Waals surface area contributed by atoms with Crippen LogP contribution in [0.25, 0.3) is 0 Å². The molecule has 3 rings (SSSR count). The average Bonchev–Trinajstić information content (AvgIpc) is 3.24. The van der Waals surface area contributed by atoms with Crippen LogP contribution < -0.4 is 4.74 Å². The summed E-state index contributed by atoms with van der Waals surface area (Å²) in [5.74, 6) is -0.539. The quantitative estimate of drug-likeness (QED) is 0.792. The van der Waals surface area contributed by atoms with Gasteiger partial charge in [0.15, 0.2) is 17.2 Å². The second-order valence-electron chi connectivity index (χ2n) is 5.67. The minimum absolute atomic E-state index is 0.180. The van der Waals surface area contributed by atoms with Gasteiger partial charge < -0.3 is 9.47 Å². The second-order valence-corrected chi connectivity index (χ2v) is 5.67. The first-order valence-corrected chi connectivity index (χ1v) is 6.78. The number of hydrogen-bond donors (Lipinski definition) is 0. The predicted molar refractivity (Wildman–Crippen MR) is 75.1 cm³/mol. The van der Waals surface area contributed by atoms with Crippen molar-refractivity contribution >= 4 is 0 Å². The molecule has 4 heteroatoms. The van der Waals surface area contributed by atoms with E-state index in [-0.39, 0.29) is 11.6 Å². The molecule has 0 spiro atoms. The van der Waals surface area contributed by atoms with E-state index in [0.29, 0.717) is 6.61 Å². The zero-order chi connectivity index (χ0) is 15.1. The fourth-order valence-electron chi connectivity index (χ4n) is 2.54. The van der Waals surface area contributed by atoms with Crippen LogP contribution in [0.4, 0.5) is 8.78 Å². The van der Waals surface area contributed by atoms with Crippen molar-refractivity contribution in [2.24, 2.45) is 0 Å². The van der Waals surface area contributed by atoms with Crippen molar-refractivity contribution < 1.29 is 18.3 Å². The van der Waals surface area contributed by atoms with Crippen molar-refractivity contribution in [3.05, 3.63) is 65.7 Å². The van der Waals surface area contributed by atoms with Crippen molar-refractivity contribution in [3.8, 4) is 5.75 Å². The third-order valence-electron chi connectivity index (χ3n) is 3.92. The topological polar surface area (TPSA) is 21.8 Å². The van der Waals surface area contributed by atoms with Gasteiger partial charge in [-0.15, -0.1) is 0 Å². The Morgan fingerprint density at radius 3 is 2.24 bits per heavy atom. The highest BCUT2D eigenvalue weighted by atomic mass is 19.1. The zero-order valence-electron chi connectivity index (χ0n) is 11.9. The summed E-state index contributed by atoms with van der Waals surface area (Å²) in [4.78, 5) is 0. The lowest BCUT2D eigenvalue weighted by atomic mass is 9.84. The van der Waals surface area contributed by atoms with Crippen LogP contribution in [0, 0.1) is 11.6 Å². The number of benzene rings is 2. The van der Waals surface area contributed by atoms with Crippen molar-refractivity contribution in [3.63, 3.8) is 0 Å². The van der Waals surface area contributed by atoms with E-state index in [1.165, 1.54) is 18.2 Å². The maximum Gasteiger partial charge on any atom is 0.165 e. The van der Waals surface area contributed by atoms with E-state index < -0.39 is 17.0 Å². The summed E-state index contributed by atoms with van der Waals surface area (Å²) in [6.45, 7) is 4.14. The molecule has 2 aromatic rings. The molecular formula is C17H16F2O2.